The fourth-order valence-electron chi connectivity index (χ4n) is 3.37. The van der Waals surface area contributed by atoms with E-state index in [2.05, 4.69) is 5.32 Å². The second kappa shape index (κ2) is 11.6. The van der Waals surface area contributed by atoms with Gasteiger partial charge in [-0.3, -0.25) is 9.59 Å². The summed E-state index contributed by atoms with van der Waals surface area (Å²) in [6.45, 7) is 6.80. The van der Waals surface area contributed by atoms with Crippen LogP contribution in [0.5, 0.6) is 0 Å². The van der Waals surface area contributed by atoms with Crippen molar-refractivity contribution in [3.05, 3.63) is 66.0 Å². The maximum Gasteiger partial charge on any atom is 0.304 e. The highest BCUT2D eigenvalue weighted by Crippen LogP contribution is 2.21. The van der Waals surface area contributed by atoms with E-state index in [-0.39, 0.29) is 18.1 Å². The van der Waals surface area contributed by atoms with Gasteiger partial charge in [-0.05, 0) is 63.9 Å². The summed E-state index contributed by atoms with van der Waals surface area (Å²) in [5, 5.41) is 2.88. The van der Waals surface area contributed by atoms with Crippen molar-refractivity contribution in [1.82, 2.24) is 14.5 Å². The van der Waals surface area contributed by atoms with E-state index in [0.29, 0.717) is 6.42 Å². The standard InChI is InChI=1S/C25H35FN4O4S/c1-19(24(32)27-25(2,3)4)29(17-16-20-10-8-7-9-11-20)23(31)18-30(35(33,34)28(5)6)22-14-12-21(26)13-15-22/h7-15,19H,16-18H2,1-6H3,(H,27,32). The molecule has 0 fully saturated rings. The molecule has 1 unspecified atom stereocenters. The van der Waals surface area contributed by atoms with Crippen LogP contribution in [0.1, 0.15) is 33.3 Å². The summed E-state index contributed by atoms with van der Waals surface area (Å²) < 4.78 is 41.5. The van der Waals surface area contributed by atoms with E-state index in [1.165, 1.54) is 31.1 Å². The van der Waals surface area contributed by atoms with Crippen LogP contribution in [-0.4, -0.2) is 68.2 Å². The SMILES string of the molecule is CC(C(=O)NC(C)(C)C)N(CCc1ccccc1)C(=O)CN(c1ccc(F)cc1)S(=O)(=O)N(C)C. The number of anilines is 1. The highest BCUT2D eigenvalue weighted by molar-refractivity contribution is 7.90. The molecule has 8 nitrogen and oxygen atoms in total. The molecule has 35 heavy (non-hydrogen) atoms. The normalized spacial score (nSPS) is 12.8. The Balaban J connectivity index is 2.38. The lowest BCUT2D eigenvalue weighted by molar-refractivity contribution is -0.139. The molecule has 10 heteroatoms. The Morgan fingerprint density at radius 1 is 1.00 bits per heavy atom. The first-order valence-electron chi connectivity index (χ1n) is 11.3. The summed E-state index contributed by atoms with van der Waals surface area (Å²) in [7, 11) is -1.38. The Kier molecular flexibility index (Phi) is 9.39. The van der Waals surface area contributed by atoms with Gasteiger partial charge in [-0.1, -0.05) is 30.3 Å². The van der Waals surface area contributed by atoms with E-state index in [1.54, 1.807) is 6.92 Å². The van der Waals surface area contributed by atoms with Crippen molar-refractivity contribution in [2.45, 2.75) is 45.7 Å². The van der Waals surface area contributed by atoms with Crippen molar-refractivity contribution in [3.63, 3.8) is 0 Å². The van der Waals surface area contributed by atoms with E-state index >= 15 is 0 Å². The minimum atomic E-state index is -4.08. The largest absolute Gasteiger partial charge is 0.350 e. The molecule has 2 aromatic carbocycles. The molecule has 0 radical (unpaired) electrons. The van der Waals surface area contributed by atoms with Crippen LogP contribution in [-0.2, 0) is 26.2 Å². The number of amides is 2. The van der Waals surface area contributed by atoms with Gasteiger partial charge in [-0.25, -0.2) is 8.70 Å². The van der Waals surface area contributed by atoms with Crippen molar-refractivity contribution in [2.24, 2.45) is 0 Å². The van der Waals surface area contributed by atoms with Gasteiger partial charge >= 0.3 is 10.2 Å². The molecule has 2 aromatic rings. The first kappa shape index (κ1) is 28.3. The third kappa shape index (κ3) is 8.03. The number of benzene rings is 2. The summed E-state index contributed by atoms with van der Waals surface area (Å²) >= 11 is 0. The van der Waals surface area contributed by atoms with E-state index in [1.807, 2.05) is 51.1 Å². The number of hydrogen-bond donors (Lipinski definition) is 1. The van der Waals surface area contributed by atoms with E-state index in [9.17, 15) is 22.4 Å². The molecule has 1 atom stereocenters. The molecule has 2 amide bonds. The van der Waals surface area contributed by atoms with Gasteiger partial charge in [0.2, 0.25) is 11.8 Å². The number of nitrogens with one attached hydrogen (secondary N) is 1. The van der Waals surface area contributed by atoms with Gasteiger partial charge in [0.25, 0.3) is 0 Å². The minimum absolute atomic E-state index is 0.142. The van der Waals surface area contributed by atoms with E-state index < -0.39 is 40.1 Å². The molecule has 0 aliphatic rings. The van der Waals surface area contributed by atoms with Crippen LogP contribution >= 0.6 is 0 Å². The Bertz CT molecular complexity index is 1100. The monoisotopic (exact) mass is 506 g/mol. The third-order valence-electron chi connectivity index (χ3n) is 5.28. The Morgan fingerprint density at radius 2 is 1.57 bits per heavy atom. The summed E-state index contributed by atoms with van der Waals surface area (Å²) in [5.74, 6) is -1.42. The molecular formula is C25H35FN4O4S. The van der Waals surface area contributed by atoms with Gasteiger partial charge in [-0.15, -0.1) is 0 Å². The molecular weight excluding hydrogens is 471 g/mol. The van der Waals surface area contributed by atoms with Crippen LogP contribution in [0.2, 0.25) is 0 Å². The quantitative estimate of drug-likeness (QED) is 0.537. The first-order chi connectivity index (χ1) is 16.2. The summed E-state index contributed by atoms with van der Waals surface area (Å²) in [5.41, 5.74) is 0.613. The zero-order valence-corrected chi connectivity index (χ0v) is 22.0. The average Bonchev–Trinajstić information content (AvgIpc) is 2.77. The number of hydrogen-bond acceptors (Lipinski definition) is 4. The molecule has 0 saturated heterocycles. The van der Waals surface area contributed by atoms with Crippen LogP contribution in [0.3, 0.4) is 0 Å². The Labute approximate surface area is 207 Å². The van der Waals surface area contributed by atoms with Gasteiger partial charge in [-0.2, -0.15) is 12.7 Å². The molecule has 192 valence electrons. The second-order valence-corrected chi connectivity index (χ2v) is 11.6. The van der Waals surface area contributed by atoms with Crippen molar-refractivity contribution in [3.8, 4) is 0 Å². The van der Waals surface area contributed by atoms with Gasteiger partial charge in [0.1, 0.15) is 18.4 Å². The topological polar surface area (TPSA) is 90.0 Å². The Hall–Kier alpha value is -2.98. The second-order valence-electron chi connectivity index (χ2n) is 9.51. The van der Waals surface area contributed by atoms with Gasteiger partial charge in [0.05, 0.1) is 5.69 Å². The molecule has 0 heterocycles. The average molecular weight is 507 g/mol. The van der Waals surface area contributed by atoms with Gasteiger partial charge < -0.3 is 10.2 Å². The molecule has 0 aliphatic carbocycles. The fraction of sp³-hybridized carbons (Fsp3) is 0.440. The predicted octanol–water partition coefficient (Wildman–Crippen LogP) is 2.81. The lowest BCUT2D eigenvalue weighted by atomic mass is 10.1. The van der Waals surface area contributed by atoms with Crippen LogP contribution in [0.25, 0.3) is 0 Å². The van der Waals surface area contributed by atoms with Gasteiger partial charge in [0.15, 0.2) is 0 Å². The zero-order chi connectivity index (χ0) is 26.4. The number of nitrogens with zero attached hydrogens (tertiary/aromatic N) is 3. The minimum Gasteiger partial charge on any atom is -0.350 e. The maximum atomic E-state index is 13.5. The van der Waals surface area contributed by atoms with Crippen molar-refractivity contribution >= 4 is 27.7 Å². The number of carbonyl (C=O) groups excluding carboxylic acids is 2. The molecule has 0 aromatic heterocycles. The molecule has 0 aliphatic heterocycles. The van der Waals surface area contributed by atoms with Crippen LogP contribution in [0, 0.1) is 5.82 Å². The highest BCUT2D eigenvalue weighted by Gasteiger charge is 2.33. The predicted molar refractivity (Wildman–Crippen MR) is 136 cm³/mol. The van der Waals surface area contributed by atoms with E-state index in [4.69, 9.17) is 0 Å². The smallest absolute Gasteiger partial charge is 0.304 e. The summed E-state index contributed by atoms with van der Waals surface area (Å²) in [6.07, 6.45) is 0.483. The maximum absolute atomic E-state index is 13.5. The Morgan fingerprint density at radius 3 is 2.09 bits per heavy atom. The highest BCUT2D eigenvalue weighted by atomic mass is 32.2. The number of carbonyl (C=O) groups is 2. The summed E-state index contributed by atoms with van der Waals surface area (Å²) in [6, 6.07) is 13.5. The number of rotatable bonds is 10. The van der Waals surface area contributed by atoms with E-state index in [0.717, 1.165) is 26.3 Å². The molecule has 0 saturated carbocycles. The lowest BCUT2D eigenvalue weighted by Crippen LogP contribution is -2.55. The van der Waals surface area contributed by atoms with Crippen LogP contribution in [0.15, 0.2) is 54.6 Å². The molecule has 1 N–H and O–H groups in total. The molecule has 0 spiro atoms. The zero-order valence-electron chi connectivity index (χ0n) is 21.2. The van der Waals surface area contributed by atoms with Crippen molar-refractivity contribution in [1.29, 1.82) is 0 Å². The van der Waals surface area contributed by atoms with Crippen molar-refractivity contribution in [2.75, 3.05) is 31.5 Å². The molecule has 2 rings (SSSR count). The first-order valence-corrected chi connectivity index (χ1v) is 12.7. The van der Waals surface area contributed by atoms with Gasteiger partial charge in [0, 0.05) is 26.2 Å². The molecule has 0 bridgehead atoms. The lowest BCUT2D eigenvalue weighted by Gasteiger charge is -2.34. The van der Waals surface area contributed by atoms with Crippen molar-refractivity contribution < 1.29 is 22.4 Å². The number of halogens is 1. The van der Waals surface area contributed by atoms with Crippen LogP contribution in [0.4, 0.5) is 10.1 Å². The van der Waals surface area contributed by atoms with Crippen LogP contribution < -0.4 is 9.62 Å². The third-order valence-corrected chi connectivity index (χ3v) is 7.10. The fourth-order valence-corrected chi connectivity index (χ4v) is 4.42. The summed E-state index contributed by atoms with van der Waals surface area (Å²) in [4.78, 5) is 27.9.